The molecule has 2 nitrogen and oxygen atoms in total. The minimum absolute atomic E-state index is 0.758. The number of nitrogens with zero attached hydrogens (tertiary/aromatic N) is 2. The summed E-state index contributed by atoms with van der Waals surface area (Å²) in [5.41, 5.74) is 9.45. The molecule has 0 spiro atoms. The normalized spacial score (nSPS) is 10.9. The van der Waals surface area contributed by atoms with Crippen LogP contribution in [-0.4, -0.2) is 9.55 Å². The molecule has 0 saturated carbocycles. The first-order valence-electron chi connectivity index (χ1n) is 11.0. The smallest absolute Gasteiger partial charge is 0.141 e. The summed E-state index contributed by atoms with van der Waals surface area (Å²) in [6.45, 7) is 5.10. The molecule has 156 valence electrons. The maximum Gasteiger partial charge on any atom is 0.141 e. The molecule has 0 atom stereocenters. The van der Waals surface area contributed by atoms with Crippen molar-refractivity contribution in [3.8, 4) is 33.9 Å². The van der Waals surface area contributed by atoms with Crippen molar-refractivity contribution >= 4 is 0 Å². The van der Waals surface area contributed by atoms with Crippen LogP contribution < -0.4 is 0 Å². The van der Waals surface area contributed by atoms with Gasteiger partial charge in [0.15, 0.2) is 0 Å². The van der Waals surface area contributed by atoms with E-state index in [0.717, 1.165) is 23.6 Å². The van der Waals surface area contributed by atoms with Gasteiger partial charge in [-0.15, -0.1) is 0 Å². The first-order chi connectivity index (χ1) is 15.7. The fourth-order valence-corrected chi connectivity index (χ4v) is 4.32. The molecule has 4 aromatic carbocycles. The van der Waals surface area contributed by atoms with Gasteiger partial charge in [0.1, 0.15) is 5.82 Å². The summed E-state index contributed by atoms with van der Waals surface area (Å²) < 4.78 is 2.38. The van der Waals surface area contributed by atoms with Crippen LogP contribution in [0.15, 0.2) is 109 Å². The van der Waals surface area contributed by atoms with Crippen molar-refractivity contribution < 1.29 is 0 Å². The summed E-state index contributed by atoms with van der Waals surface area (Å²) in [5, 5.41) is 0. The molecule has 1 heterocycles. The van der Waals surface area contributed by atoms with Crippen LogP contribution in [0.2, 0.25) is 0 Å². The summed E-state index contributed by atoms with van der Waals surface area (Å²) in [7, 11) is 0. The van der Waals surface area contributed by atoms with Gasteiger partial charge >= 0.3 is 0 Å². The highest BCUT2D eigenvalue weighted by atomic mass is 15.1. The monoisotopic (exact) mass is 414 g/mol. The number of hydrogen-bond donors (Lipinski definition) is 0. The molecular formula is C30H26N2. The van der Waals surface area contributed by atoms with E-state index in [0.29, 0.717) is 0 Å². The van der Waals surface area contributed by atoms with Gasteiger partial charge in [-0.3, -0.25) is 0 Å². The predicted molar refractivity (Wildman–Crippen MR) is 134 cm³/mol. The Morgan fingerprint density at radius 2 is 1.12 bits per heavy atom. The van der Waals surface area contributed by atoms with Crippen LogP contribution in [0.5, 0.6) is 0 Å². The van der Waals surface area contributed by atoms with E-state index in [-0.39, 0.29) is 0 Å². The number of aryl methyl sites for hydroxylation is 2. The second kappa shape index (κ2) is 8.68. The first kappa shape index (κ1) is 20.0. The minimum atomic E-state index is 0.758. The fourth-order valence-electron chi connectivity index (χ4n) is 4.32. The van der Waals surface area contributed by atoms with Crippen LogP contribution in [0.25, 0.3) is 33.9 Å². The number of hydrogen-bond acceptors (Lipinski definition) is 1. The van der Waals surface area contributed by atoms with Crippen molar-refractivity contribution in [1.82, 2.24) is 9.55 Å². The average molecular weight is 415 g/mol. The number of imidazole rings is 1. The Labute approximate surface area is 189 Å². The van der Waals surface area contributed by atoms with Crippen LogP contribution in [-0.2, 0) is 6.54 Å². The van der Waals surface area contributed by atoms with E-state index in [1.165, 1.54) is 33.5 Å². The zero-order chi connectivity index (χ0) is 21.9. The molecule has 0 aliphatic carbocycles. The average Bonchev–Trinajstić information content (AvgIpc) is 3.19. The highest BCUT2D eigenvalue weighted by molar-refractivity contribution is 5.84. The zero-order valence-electron chi connectivity index (χ0n) is 18.5. The first-order valence-corrected chi connectivity index (χ1v) is 11.0. The molecule has 0 fully saturated rings. The van der Waals surface area contributed by atoms with E-state index in [1.807, 2.05) is 0 Å². The maximum absolute atomic E-state index is 5.29. The van der Waals surface area contributed by atoms with Gasteiger partial charge in [0.2, 0.25) is 0 Å². The van der Waals surface area contributed by atoms with E-state index < -0.39 is 0 Å². The molecule has 32 heavy (non-hydrogen) atoms. The largest absolute Gasteiger partial charge is 0.319 e. The van der Waals surface area contributed by atoms with Crippen LogP contribution in [0, 0.1) is 13.8 Å². The fraction of sp³-hybridized carbons (Fsp3) is 0.100. The molecule has 0 aliphatic heterocycles. The van der Waals surface area contributed by atoms with Crippen LogP contribution in [0.4, 0.5) is 0 Å². The van der Waals surface area contributed by atoms with Crippen LogP contribution >= 0.6 is 0 Å². The predicted octanol–water partition coefficient (Wildman–Crippen LogP) is 7.55. The Bertz CT molecular complexity index is 1350. The van der Waals surface area contributed by atoms with Gasteiger partial charge in [-0.2, -0.15) is 0 Å². The summed E-state index contributed by atoms with van der Waals surface area (Å²) in [6.07, 6.45) is 0. The van der Waals surface area contributed by atoms with E-state index in [1.54, 1.807) is 0 Å². The molecule has 0 radical (unpaired) electrons. The topological polar surface area (TPSA) is 17.8 Å². The summed E-state index contributed by atoms with van der Waals surface area (Å²) >= 11 is 0. The lowest BCUT2D eigenvalue weighted by Crippen LogP contribution is -2.05. The lowest BCUT2D eigenvalue weighted by Gasteiger charge is -2.15. The van der Waals surface area contributed by atoms with Gasteiger partial charge in [0.25, 0.3) is 0 Å². The quantitative estimate of drug-likeness (QED) is 0.290. The maximum atomic E-state index is 5.29. The van der Waals surface area contributed by atoms with E-state index in [9.17, 15) is 0 Å². The van der Waals surface area contributed by atoms with Crippen molar-refractivity contribution in [2.45, 2.75) is 20.4 Å². The third-order valence-corrected chi connectivity index (χ3v) is 5.98. The number of aromatic nitrogens is 2. The van der Waals surface area contributed by atoms with Gasteiger partial charge < -0.3 is 4.57 Å². The molecular weight excluding hydrogens is 388 g/mol. The highest BCUT2D eigenvalue weighted by Gasteiger charge is 2.23. The molecule has 0 bridgehead atoms. The Hall–Kier alpha value is -3.91. The third kappa shape index (κ3) is 3.76. The molecule has 5 rings (SSSR count). The molecule has 0 unspecified atom stereocenters. The van der Waals surface area contributed by atoms with E-state index >= 15 is 0 Å². The van der Waals surface area contributed by atoms with Gasteiger partial charge in [-0.05, 0) is 30.5 Å². The second-order valence-electron chi connectivity index (χ2n) is 8.20. The molecule has 1 aromatic heterocycles. The van der Waals surface area contributed by atoms with Crippen molar-refractivity contribution in [1.29, 1.82) is 0 Å². The van der Waals surface area contributed by atoms with Crippen molar-refractivity contribution in [2.24, 2.45) is 0 Å². The summed E-state index contributed by atoms with van der Waals surface area (Å²) in [5.74, 6) is 0.992. The van der Waals surface area contributed by atoms with Gasteiger partial charge in [-0.25, -0.2) is 4.98 Å². The Morgan fingerprint density at radius 3 is 1.75 bits per heavy atom. The Kier molecular flexibility index (Phi) is 5.43. The standard InChI is InChI=1S/C30H26N2/c1-22-13-9-11-19-26(22)28-29(27-20-12-10-14-23(27)2)32(21-24-15-5-3-6-16-24)30(31-28)25-17-7-4-8-18-25/h3-20H,21H2,1-2H3. The third-order valence-electron chi connectivity index (χ3n) is 5.98. The van der Waals surface area contributed by atoms with Crippen molar-refractivity contribution in [3.63, 3.8) is 0 Å². The molecule has 2 heteroatoms. The second-order valence-corrected chi connectivity index (χ2v) is 8.20. The SMILES string of the molecule is Cc1ccccc1-c1nc(-c2ccccc2)n(Cc2ccccc2)c1-c1ccccc1C. The van der Waals surface area contributed by atoms with Gasteiger partial charge in [0, 0.05) is 23.2 Å². The summed E-state index contributed by atoms with van der Waals surface area (Å²) in [6, 6.07) is 38.3. The Balaban J connectivity index is 1.85. The number of benzene rings is 4. The molecule has 5 aromatic rings. The molecule has 0 N–H and O–H groups in total. The summed E-state index contributed by atoms with van der Waals surface area (Å²) in [4.78, 5) is 5.29. The number of rotatable bonds is 5. The highest BCUT2D eigenvalue weighted by Crippen LogP contribution is 2.39. The van der Waals surface area contributed by atoms with E-state index in [4.69, 9.17) is 4.98 Å². The molecule has 0 aliphatic rings. The molecule has 0 saturated heterocycles. The van der Waals surface area contributed by atoms with Crippen molar-refractivity contribution in [3.05, 3.63) is 126 Å². The van der Waals surface area contributed by atoms with Crippen LogP contribution in [0.3, 0.4) is 0 Å². The van der Waals surface area contributed by atoms with E-state index in [2.05, 4.69) is 128 Å². The molecule has 0 amide bonds. The van der Waals surface area contributed by atoms with Crippen LogP contribution in [0.1, 0.15) is 16.7 Å². The lowest BCUT2D eigenvalue weighted by molar-refractivity contribution is 0.814. The van der Waals surface area contributed by atoms with Gasteiger partial charge in [0.05, 0.1) is 11.4 Å². The lowest BCUT2D eigenvalue weighted by atomic mass is 9.98. The zero-order valence-corrected chi connectivity index (χ0v) is 18.5. The van der Waals surface area contributed by atoms with Gasteiger partial charge in [-0.1, -0.05) is 109 Å². The minimum Gasteiger partial charge on any atom is -0.319 e. The Morgan fingerprint density at radius 1 is 0.594 bits per heavy atom. The van der Waals surface area contributed by atoms with Crippen molar-refractivity contribution in [2.75, 3.05) is 0 Å².